The van der Waals surface area contributed by atoms with Gasteiger partial charge in [-0.15, -0.1) is 0 Å². The summed E-state index contributed by atoms with van der Waals surface area (Å²) in [7, 11) is 1.84. The Morgan fingerprint density at radius 1 is 1.27 bits per heavy atom. The molecule has 1 fully saturated rings. The predicted molar refractivity (Wildman–Crippen MR) is 111 cm³/mol. The normalized spacial score (nSPS) is 19.6. The fraction of sp³-hybridized carbons (Fsp3) is 0.455. The fourth-order valence-electron chi connectivity index (χ4n) is 4.08. The molecule has 1 aromatic heterocycles. The number of aliphatic carboxylic acids is 1. The second-order valence-corrected chi connectivity index (χ2v) is 7.74. The molecule has 1 saturated carbocycles. The van der Waals surface area contributed by atoms with Crippen molar-refractivity contribution in [2.24, 2.45) is 13.0 Å². The lowest BCUT2D eigenvalue weighted by molar-refractivity contribution is -0.137. The predicted octanol–water partition coefficient (Wildman–Crippen LogP) is 2.34. The van der Waals surface area contributed by atoms with E-state index in [2.05, 4.69) is 10.6 Å². The van der Waals surface area contributed by atoms with Crippen LogP contribution in [0.2, 0.25) is 0 Å². The van der Waals surface area contributed by atoms with Crippen LogP contribution in [0.3, 0.4) is 0 Å². The van der Waals surface area contributed by atoms with E-state index < -0.39 is 17.9 Å². The molecule has 1 aliphatic rings. The van der Waals surface area contributed by atoms with Gasteiger partial charge in [0.15, 0.2) is 0 Å². The number of carbonyl (C=O) groups is 3. The monoisotopic (exact) mass is 410 g/mol. The molecule has 0 radical (unpaired) electrons. The molecule has 8 nitrogen and oxygen atoms in total. The van der Waals surface area contributed by atoms with Gasteiger partial charge in [0.05, 0.1) is 12.0 Å². The Balaban J connectivity index is 1.69. The van der Waals surface area contributed by atoms with Crippen LogP contribution in [0, 0.1) is 17.2 Å². The van der Waals surface area contributed by atoms with E-state index in [0.717, 1.165) is 23.7 Å². The summed E-state index contributed by atoms with van der Waals surface area (Å²) >= 11 is 0. The number of carboxylic acids is 1. The summed E-state index contributed by atoms with van der Waals surface area (Å²) in [4.78, 5) is 36.5. The van der Waals surface area contributed by atoms with Gasteiger partial charge >= 0.3 is 5.97 Å². The second kappa shape index (κ2) is 9.44. The number of carbonyl (C=O) groups excluding carboxylic acids is 2. The molecule has 3 atom stereocenters. The lowest BCUT2D eigenvalue weighted by atomic mass is 9.83. The molecule has 1 aliphatic carbocycles. The fourth-order valence-corrected chi connectivity index (χ4v) is 4.08. The zero-order valence-electron chi connectivity index (χ0n) is 16.9. The van der Waals surface area contributed by atoms with Crippen molar-refractivity contribution in [1.82, 2.24) is 15.2 Å². The molecule has 0 saturated heterocycles. The number of amides is 2. The molecular formula is C22H26N4O4. The Morgan fingerprint density at radius 2 is 2.00 bits per heavy atom. The molecule has 158 valence electrons. The van der Waals surface area contributed by atoms with Crippen molar-refractivity contribution in [3.63, 3.8) is 0 Å². The van der Waals surface area contributed by atoms with Gasteiger partial charge in [-0.1, -0.05) is 31.0 Å². The van der Waals surface area contributed by atoms with Gasteiger partial charge in [-0.3, -0.25) is 14.4 Å². The van der Waals surface area contributed by atoms with Crippen LogP contribution in [0.15, 0.2) is 30.3 Å². The average molecular weight is 410 g/mol. The van der Waals surface area contributed by atoms with E-state index in [4.69, 9.17) is 5.11 Å². The number of carboxylic acid groups (broad SMARTS) is 1. The maximum Gasteiger partial charge on any atom is 0.303 e. The van der Waals surface area contributed by atoms with E-state index >= 15 is 0 Å². The van der Waals surface area contributed by atoms with Gasteiger partial charge in [0.25, 0.3) is 5.91 Å². The minimum atomic E-state index is -1.01. The molecule has 1 aromatic carbocycles. The highest BCUT2D eigenvalue weighted by molar-refractivity contribution is 5.99. The lowest BCUT2D eigenvalue weighted by Gasteiger charge is -2.31. The highest BCUT2D eigenvalue weighted by atomic mass is 16.4. The van der Waals surface area contributed by atoms with Crippen molar-refractivity contribution in [3.8, 4) is 6.07 Å². The standard InChI is InChI=1S/C22H26N4O4/c1-26-18-9-5-2-6-14(18)12-19(26)22(30)25-17-8-4-3-7-16(17)21(29)24-15(13-23)10-11-20(27)28/h2,5-6,9,12,15-17H,3-4,7-8,10-11H2,1H3,(H,24,29)(H,25,30)(H,27,28)/t15?,16-,17+/m1/s1. The van der Waals surface area contributed by atoms with E-state index in [1.807, 2.05) is 48.0 Å². The first-order chi connectivity index (χ1) is 14.4. The minimum absolute atomic E-state index is 0.0528. The van der Waals surface area contributed by atoms with Gasteiger partial charge in [0, 0.05) is 30.4 Å². The largest absolute Gasteiger partial charge is 0.481 e. The second-order valence-electron chi connectivity index (χ2n) is 7.74. The van der Waals surface area contributed by atoms with Crippen LogP contribution < -0.4 is 10.6 Å². The number of nitrogens with one attached hydrogen (secondary N) is 2. The van der Waals surface area contributed by atoms with Crippen molar-refractivity contribution in [2.45, 2.75) is 50.6 Å². The van der Waals surface area contributed by atoms with Crippen molar-refractivity contribution in [2.75, 3.05) is 0 Å². The number of rotatable bonds is 7. The molecule has 3 N–H and O–H groups in total. The van der Waals surface area contributed by atoms with E-state index in [1.165, 1.54) is 0 Å². The molecule has 2 aromatic rings. The van der Waals surface area contributed by atoms with Gasteiger partial charge in [-0.05, 0) is 31.4 Å². The number of nitriles is 1. The number of benzene rings is 1. The third kappa shape index (κ3) is 4.79. The molecule has 0 aliphatic heterocycles. The first kappa shape index (κ1) is 21.4. The van der Waals surface area contributed by atoms with Crippen LogP contribution in [0.4, 0.5) is 0 Å². The smallest absolute Gasteiger partial charge is 0.303 e. The van der Waals surface area contributed by atoms with Crippen LogP contribution >= 0.6 is 0 Å². The van der Waals surface area contributed by atoms with Gasteiger partial charge in [-0.2, -0.15) is 5.26 Å². The molecule has 1 unspecified atom stereocenters. The zero-order valence-corrected chi connectivity index (χ0v) is 16.9. The number of nitrogens with zero attached hydrogens (tertiary/aromatic N) is 2. The molecule has 0 spiro atoms. The number of fused-ring (bicyclic) bond motifs is 1. The van der Waals surface area contributed by atoms with E-state index in [1.54, 1.807) is 0 Å². The third-order valence-electron chi connectivity index (χ3n) is 5.72. The Bertz CT molecular complexity index is 991. The van der Waals surface area contributed by atoms with Gasteiger partial charge in [-0.25, -0.2) is 0 Å². The van der Waals surface area contributed by atoms with Gasteiger partial charge < -0.3 is 20.3 Å². The van der Waals surface area contributed by atoms with Crippen molar-refractivity contribution >= 4 is 28.7 Å². The molecular weight excluding hydrogens is 384 g/mol. The molecule has 2 amide bonds. The quantitative estimate of drug-likeness (QED) is 0.646. The highest BCUT2D eigenvalue weighted by Crippen LogP contribution is 2.26. The van der Waals surface area contributed by atoms with Crippen LogP contribution in [0.25, 0.3) is 10.9 Å². The van der Waals surface area contributed by atoms with Crippen molar-refractivity contribution in [3.05, 3.63) is 36.0 Å². The number of aromatic nitrogens is 1. The molecule has 0 bridgehead atoms. The summed E-state index contributed by atoms with van der Waals surface area (Å²) in [5, 5.41) is 24.6. The zero-order chi connectivity index (χ0) is 21.7. The number of para-hydroxylation sites is 1. The number of hydrogen-bond donors (Lipinski definition) is 3. The average Bonchev–Trinajstić information content (AvgIpc) is 3.08. The topological polar surface area (TPSA) is 124 Å². The molecule has 1 heterocycles. The summed E-state index contributed by atoms with van der Waals surface area (Å²) in [6.45, 7) is 0. The number of aryl methyl sites for hydroxylation is 1. The van der Waals surface area contributed by atoms with Gasteiger partial charge in [0.2, 0.25) is 5.91 Å². The van der Waals surface area contributed by atoms with Crippen LogP contribution in [0.1, 0.15) is 49.0 Å². The Kier molecular flexibility index (Phi) is 6.72. The summed E-state index contributed by atoms with van der Waals surface area (Å²) < 4.78 is 1.83. The van der Waals surface area contributed by atoms with E-state index in [0.29, 0.717) is 18.5 Å². The van der Waals surface area contributed by atoms with Crippen LogP contribution in [-0.2, 0) is 16.6 Å². The first-order valence-electron chi connectivity index (χ1n) is 10.2. The first-order valence-corrected chi connectivity index (χ1v) is 10.2. The van der Waals surface area contributed by atoms with Crippen molar-refractivity contribution in [1.29, 1.82) is 5.26 Å². The lowest BCUT2D eigenvalue weighted by Crippen LogP contribution is -2.50. The Morgan fingerprint density at radius 3 is 2.70 bits per heavy atom. The van der Waals surface area contributed by atoms with E-state index in [-0.39, 0.29) is 30.7 Å². The maximum atomic E-state index is 12.9. The summed E-state index contributed by atoms with van der Waals surface area (Å²) in [6, 6.07) is 10.3. The minimum Gasteiger partial charge on any atom is -0.481 e. The third-order valence-corrected chi connectivity index (χ3v) is 5.72. The molecule has 3 rings (SSSR count). The summed E-state index contributed by atoms with van der Waals surface area (Å²) in [5.74, 6) is -2.00. The maximum absolute atomic E-state index is 12.9. The Labute approximate surface area is 174 Å². The van der Waals surface area contributed by atoms with Crippen LogP contribution in [-0.4, -0.2) is 39.5 Å². The van der Waals surface area contributed by atoms with Crippen molar-refractivity contribution < 1.29 is 19.5 Å². The summed E-state index contributed by atoms with van der Waals surface area (Å²) in [5.41, 5.74) is 1.48. The SMILES string of the molecule is Cn1c(C(=O)N[C@H]2CCCC[C@H]2C(=O)NC(C#N)CCC(=O)O)cc2ccccc21. The highest BCUT2D eigenvalue weighted by Gasteiger charge is 2.33. The molecule has 30 heavy (non-hydrogen) atoms. The van der Waals surface area contributed by atoms with Crippen LogP contribution in [0.5, 0.6) is 0 Å². The molecule has 8 heteroatoms. The van der Waals surface area contributed by atoms with Gasteiger partial charge in [0.1, 0.15) is 11.7 Å². The summed E-state index contributed by atoms with van der Waals surface area (Å²) in [6.07, 6.45) is 2.93. The number of hydrogen-bond acceptors (Lipinski definition) is 4. The van der Waals surface area contributed by atoms with E-state index in [9.17, 15) is 19.6 Å². The Hall–Kier alpha value is -3.34.